The molecule has 60 valence electrons. The maximum Gasteiger partial charge on any atom is 0.129 e. The van der Waals surface area contributed by atoms with Gasteiger partial charge in [0.15, 0.2) is 0 Å². The largest absolute Gasteiger partial charge is 0.373 e. The Balaban J connectivity index is 3.06. The molecular weight excluding hydrogens is 272 g/mol. The molecule has 1 aromatic rings. The van der Waals surface area contributed by atoms with Gasteiger partial charge in [0, 0.05) is 28.6 Å². The summed E-state index contributed by atoms with van der Waals surface area (Å²) in [6.45, 7) is 0. The lowest BCUT2D eigenvalue weighted by Gasteiger charge is -2.04. The van der Waals surface area contributed by atoms with Gasteiger partial charge in [0.2, 0.25) is 0 Å². The number of pyridine rings is 1. The Morgan fingerprint density at radius 3 is 2.91 bits per heavy atom. The van der Waals surface area contributed by atoms with Crippen LogP contribution in [0.2, 0.25) is 0 Å². The molecule has 0 aliphatic rings. The third-order valence-corrected chi connectivity index (χ3v) is 2.35. The topological polar surface area (TPSA) is 24.9 Å². The van der Waals surface area contributed by atoms with Crippen LogP contribution in [0.5, 0.6) is 0 Å². The Morgan fingerprint density at radius 2 is 2.36 bits per heavy atom. The minimum Gasteiger partial charge on any atom is -0.373 e. The van der Waals surface area contributed by atoms with E-state index in [0.717, 1.165) is 21.2 Å². The molecule has 0 amide bonds. The third kappa shape index (κ3) is 2.17. The van der Waals surface area contributed by atoms with Crippen LogP contribution in [0.3, 0.4) is 0 Å². The quantitative estimate of drug-likeness (QED) is 0.842. The highest BCUT2D eigenvalue weighted by atomic mass is 79.9. The molecule has 1 N–H and O–H groups in total. The van der Waals surface area contributed by atoms with Gasteiger partial charge >= 0.3 is 0 Å². The number of halogens is 2. The molecule has 0 aromatic carbocycles. The summed E-state index contributed by atoms with van der Waals surface area (Å²) in [7, 11) is 1.86. The summed E-state index contributed by atoms with van der Waals surface area (Å²) in [4.78, 5) is 4.18. The predicted octanol–water partition coefficient (Wildman–Crippen LogP) is 2.78. The molecule has 0 atom stereocenters. The monoisotopic (exact) mass is 278 g/mol. The Hall–Kier alpha value is -0.0900. The number of anilines is 1. The smallest absolute Gasteiger partial charge is 0.129 e. The van der Waals surface area contributed by atoms with Gasteiger partial charge in [-0.2, -0.15) is 0 Å². The minimum absolute atomic E-state index is 0.815. The maximum absolute atomic E-state index is 4.18. The van der Waals surface area contributed by atoms with Crippen LogP contribution < -0.4 is 5.32 Å². The predicted molar refractivity (Wildman–Crippen MR) is 54.1 cm³/mol. The lowest BCUT2D eigenvalue weighted by molar-refractivity contribution is 1.22. The van der Waals surface area contributed by atoms with E-state index >= 15 is 0 Å². The Morgan fingerprint density at radius 1 is 1.64 bits per heavy atom. The molecule has 0 bridgehead atoms. The highest BCUT2D eigenvalue weighted by Gasteiger charge is 2.00. The van der Waals surface area contributed by atoms with Crippen molar-refractivity contribution in [1.29, 1.82) is 0 Å². The molecule has 0 unspecified atom stereocenters. The van der Waals surface area contributed by atoms with Crippen LogP contribution in [0, 0.1) is 0 Å². The van der Waals surface area contributed by atoms with E-state index in [4.69, 9.17) is 0 Å². The first-order valence-electron chi connectivity index (χ1n) is 3.16. The molecular formula is C7H8Br2N2. The Labute approximate surface area is 82.7 Å². The van der Waals surface area contributed by atoms with E-state index in [1.807, 2.05) is 13.1 Å². The van der Waals surface area contributed by atoms with Crippen molar-refractivity contribution in [2.75, 3.05) is 12.4 Å². The molecule has 11 heavy (non-hydrogen) atoms. The second-order valence-electron chi connectivity index (χ2n) is 2.04. The molecule has 0 saturated heterocycles. The summed E-state index contributed by atoms with van der Waals surface area (Å²) in [6, 6.07) is 2.04. The van der Waals surface area contributed by atoms with E-state index in [1.54, 1.807) is 6.20 Å². The van der Waals surface area contributed by atoms with E-state index in [9.17, 15) is 0 Å². The summed E-state index contributed by atoms with van der Waals surface area (Å²) < 4.78 is 1.01. The van der Waals surface area contributed by atoms with Gasteiger partial charge in [-0.25, -0.2) is 4.98 Å². The molecule has 1 aromatic heterocycles. The first kappa shape index (κ1) is 9.00. The standard InChI is InChI=1S/C7H8Br2N2/c1-10-7-5(3-8)2-6(9)4-11-7/h2,4H,3H2,1H3,(H,10,11). The van der Waals surface area contributed by atoms with Gasteiger partial charge in [-0.15, -0.1) is 0 Å². The second kappa shape index (κ2) is 4.07. The normalized spacial score (nSPS) is 9.73. The fourth-order valence-electron chi connectivity index (χ4n) is 0.808. The summed E-state index contributed by atoms with van der Waals surface area (Å²) in [6.07, 6.45) is 1.78. The number of alkyl halides is 1. The molecule has 1 rings (SSSR count). The average molecular weight is 280 g/mol. The van der Waals surface area contributed by atoms with Crippen molar-refractivity contribution in [2.45, 2.75) is 5.33 Å². The summed E-state index contributed by atoms with van der Waals surface area (Å²) in [5.41, 5.74) is 1.15. The first-order valence-corrected chi connectivity index (χ1v) is 5.07. The lowest BCUT2D eigenvalue weighted by Crippen LogP contribution is -1.96. The number of rotatable bonds is 2. The molecule has 0 fully saturated rings. The highest BCUT2D eigenvalue weighted by Crippen LogP contribution is 2.19. The van der Waals surface area contributed by atoms with Crippen LogP contribution in [0.4, 0.5) is 5.82 Å². The summed E-state index contributed by atoms with van der Waals surface area (Å²) in [5, 5.41) is 3.83. The zero-order chi connectivity index (χ0) is 8.27. The van der Waals surface area contributed by atoms with Crippen LogP contribution in [0.15, 0.2) is 16.7 Å². The minimum atomic E-state index is 0.815. The third-order valence-electron chi connectivity index (χ3n) is 1.31. The number of nitrogens with zero attached hydrogens (tertiary/aromatic N) is 1. The molecule has 2 nitrogen and oxygen atoms in total. The van der Waals surface area contributed by atoms with Gasteiger partial charge in [-0.3, -0.25) is 0 Å². The van der Waals surface area contributed by atoms with Gasteiger partial charge in [0.25, 0.3) is 0 Å². The fourth-order valence-corrected chi connectivity index (χ4v) is 1.61. The molecule has 0 radical (unpaired) electrons. The van der Waals surface area contributed by atoms with Crippen molar-refractivity contribution in [3.05, 3.63) is 22.3 Å². The molecule has 4 heteroatoms. The van der Waals surface area contributed by atoms with Crippen LogP contribution >= 0.6 is 31.9 Å². The zero-order valence-electron chi connectivity index (χ0n) is 6.06. The van der Waals surface area contributed by atoms with Crippen molar-refractivity contribution in [3.8, 4) is 0 Å². The molecule has 1 heterocycles. The van der Waals surface area contributed by atoms with E-state index in [1.165, 1.54) is 0 Å². The van der Waals surface area contributed by atoms with Gasteiger partial charge in [-0.1, -0.05) is 15.9 Å². The van der Waals surface area contributed by atoms with Crippen molar-refractivity contribution in [3.63, 3.8) is 0 Å². The summed E-state index contributed by atoms with van der Waals surface area (Å²) in [5.74, 6) is 0.921. The first-order chi connectivity index (χ1) is 5.27. The fraction of sp³-hybridized carbons (Fsp3) is 0.286. The van der Waals surface area contributed by atoms with Crippen LogP contribution in [-0.2, 0) is 5.33 Å². The molecule has 0 aliphatic heterocycles. The molecule has 0 aliphatic carbocycles. The highest BCUT2D eigenvalue weighted by molar-refractivity contribution is 9.10. The number of hydrogen-bond donors (Lipinski definition) is 1. The van der Waals surface area contributed by atoms with Gasteiger partial charge in [0.05, 0.1) is 0 Å². The number of nitrogens with one attached hydrogen (secondary N) is 1. The number of hydrogen-bond acceptors (Lipinski definition) is 2. The van der Waals surface area contributed by atoms with E-state index < -0.39 is 0 Å². The maximum atomic E-state index is 4.18. The van der Waals surface area contributed by atoms with Gasteiger partial charge in [0.1, 0.15) is 5.82 Å². The van der Waals surface area contributed by atoms with Crippen molar-refractivity contribution in [2.24, 2.45) is 0 Å². The van der Waals surface area contributed by atoms with Crippen molar-refractivity contribution in [1.82, 2.24) is 4.98 Å². The van der Waals surface area contributed by atoms with Gasteiger partial charge < -0.3 is 5.32 Å². The van der Waals surface area contributed by atoms with Crippen molar-refractivity contribution < 1.29 is 0 Å². The van der Waals surface area contributed by atoms with E-state index in [-0.39, 0.29) is 0 Å². The second-order valence-corrected chi connectivity index (χ2v) is 3.52. The number of aromatic nitrogens is 1. The van der Waals surface area contributed by atoms with Crippen molar-refractivity contribution >= 4 is 37.7 Å². The zero-order valence-corrected chi connectivity index (χ0v) is 9.24. The van der Waals surface area contributed by atoms with E-state index in [0.29, 0.717) is 0 Å². The van der Waals surface area contributed by atoms with Crippen LogP contribution in [-0.4, -0.2) is 12.0 Å². The molecule has 0 spiro atoms. The SMILES string of the molecule is CNc1ncc(Br)cc1CBr. The van der Waals surface area contributed by atoms with Crippen LogP contribution in [0.25, 0.3) is 0 Å². The van der Waals surface area contributed by atoms with Crippen LogP contribution in [0.1, 0.15) is 5.56 Å². The Bertz CT molecular complexity index is 250. The van der Waals surface area contributed by atoms with Gasteiger partial charge in [-0.05, 0) is 22.0 Å². The molecule has 0 saturated carbocycles. The average Bonchev–Trinajstić information content (AvgIpc) is 2.04. The summed E-state index contributed by atoms with van der Waals surface area (Å²) >= 11 is 6.74. The van der Waals surface area contributed by atoms with E-state index in [2.05, 4.69) is 42.2 Å². The Kier molecular flexibility index (Phi) is 3.33. The lowest BCUT2D eigenvalue weighted by atomic mass is 10.3.